The number of furan rings is 1. The predicted octanol–water partition coefficient (Wildman–Crippen LogP) is 4.07. The van der Waals surface area contributed by atoms with E-state index in [1.807, 2.05) is 47.8 Å². The number of anilines is 1. The van der Waals surface area contributed by atoms with Gasteiger partial charge in [-0.2, -0.15) is 0 Å². The number of para-hydroxylation sites is 1. The molecule has 2 amide bonds. The number of carbonyl (C=O) groups excluding carboxylic acids is 1. The summed E-state index contributed by atoms with van der Waals surface area (Å²) in [5.41, 5.74) is 3.12. The third-order valence-electron chi connectivity index (χ3n) is 4.64. The SMILES string of the molecule is Cn1nnnc1-c1ccc(NC(=O)NCc2csc(-c3cc4ccccc4o3)n2)cc1. The largest absolute Gasteiger partial charge is 0.454 e. The number of rotatable bonds is 5. The number of tetrazole rings is 1. The summed E-state index contributed by atoms with van der Waals surface area (Å²) in [7, 11) is 1.77. The Labute approximate surface area is 180 Å². The number of hydrogen-bond donors (Lipinski definition) is 2. The van der Waals surface area contributed by atoms with Crippen molar-refractivity contribution < 1.29 is 9.21 Å². The molecule has 0 unspecified atom stereocenters. The normalized spacial score (nSPS) is 11.0. The lowest BCUT2D eigenvalue weighted by molar-refractivity contribution is 0.251. The van der Waals surface area contributed by atoms with Crippen molar-refractivity contribution in [3.8, 4) is 22.2 Å². The Morgan fingerprint density at radius 1 is 1.16 bits per heavy atom. The highest BCUT2D eigenvalue weighted by molar-refractivity contribution is 7.13. The highest BCUT2D eigenvalue weighted by atomic mass is 32.1. The summed E-state index contributed by atoms with van der Waals surface area (Å²) >= 11 is 1.48. The molecule has 154 valence electrons. The van der Waals surface area contributed by atoms with Gasteiger partial charge in [0.05, 0.1) is 12.2 Å². The summed E-state index contributed by atoms with van der Waals surface area (Å²) in [5, 5.41) is 20.8. The molecule has 3 aromatic heterocycles. The van der Waals surface area contributed by atoms with Gasteiger partial charge in [0.2, 0.25) is 0 Å². The number of urea groups is 1. The Morgan fingerprint density at radius 2 is 2.00 bits per heavy atom. The number of nitrogens with zero attached hydrogens (tertiary/aromatic N) is 5. The van der Waals surface area contributed by atoms with Crippen molar-refractivity contribution >= 4 is 34.0 Å². The smallest absolute Gasteiger partial charge is 0.319 e. The highest BCUT2D eigenvalue weighted by Crippen LogP contribution is 2.29. The van der Waals surface area contributed by atoms with Crippen molar-refractivity contribution in [2.75, 3.05) is 5.32 Å². The van der Waals surface area contributed by atoms with Gasteiger partial charge in [-0.05, 0) is 46.8 Å². The van der Waals surface area contributed by atoms with Crippen LogP contribution in [0.4, 0.5) is 10.5 Å². The first kappa shape index (κ1) is 18.9. The number of hydrogen-bond acceptors (Lipinski definition) is 7. The number of benzene rings is 2. The zero-order valence-corrected chi connectivity index (χ0v) is 17.3. The summed E-state index contributed by atoms with van der Waals surface area (Å²) < 4.78 is 7.44. The molecule has 5 aromatic rings. The fourth-order valence-corrected chi connectivity index (χ4v) is 3.88. The number of nitrogens with one attached hydrogen (secondary N) is 2. The third-order valence-corrected chi connectivity index (χ3v) is 5.54. The van der Waals surface area contributed by atoms with E-state index in [1.165, 1.54) is 11.3 Å². The first-order valence-corrected chi connectivity index (χ1v) is 10.3. The van der Waals surface area contributed by atoms with E-state index in [4.69, 9.17) is 4.42 Å². The second-order valence-corrected chi connectivity index (χ2v) is 7.66. The summed E-state index contributed by atoms with van der Waals surface area (Å²) in [6.45, 7) is 0.311. The van der Waals surface area contributed by atoms with Crippen molar-refractivity contribution in [3.05, 3.63) is 65.7 Å². The lowest BCUT2D eigenvalue weighted by atomic mass is 10.2. The summed E-state index contributed by atoms with van der Waals surface area (Å²) in [5.74, 6) is 1.37. The number of aryl methyl sites for hydroxylation is 1. The van der Waals surface area contributed by atoms with E-state index >= 15 is 0 Å². The molecular weight excluding hydrogens is 414 g/mol. The topological polar surface area (TPSA) is 111 Å². The van der Waals surface area contributed by atoms with Crippen LogP contribution >= 0.6 is 11.3 Å². The number of carbonyl (C=O) groups is 1. The molecule has 0 radical (unpaired) electrons. The Hall–Kier alpha value is -4.05. The molecule has 5 rings (SSSR count). The van der Waals surface area contributed by atoms with E-state index in [-0.39, 0.29) is 6.03 Å². The summed E-state index contributed by atoms with van der Waals surface area (Å²) in [4.78, 5) is 16.8. The lowest BCUT2D eigenvalue weighted by Gasteiger charge is -2.07. The van der Waals surface area contributed by atoms with Gasteiger partial charge in [-0.15, -0.1) is 16.4 Å². The number of thiazole rings is 1. The maximum absolute atomic E-state index is 12.2. The van der Waals surface area contributed by atoms with Gasteiger partial charge in [0.25, 0.3) is 0 Å². The van der Waals surface area contributed by atoms with Gasteiger partial charge in [-0.3, -0.25) is 0 Å². The van der Waals surface area contributed by atoms with Gasteiger partial charge in [0.15, 0.2) is 16.6 Å². The molecule has 2 aromatic carbocycles. The van der Waals surface area contributed by atoms with Crippen LogP contribution in [0.25, 0.3) is 33.1 Å². The number of fused-ring (bicyclic) bond motifs is 1. The first-order valence-electron chi connectivity index (χ1n) is 9.47. The van der Waals surface area contributed by atoms with E-state index in [2.05, 4.69) is 31.1 Å². The van der Waals surface area contributed by atoms with Gasteiger partial charge < -0.3 is 15.1 Å². The Balaban J connectivity index is 1.19. The minimum atomic E-state index is -0.314. The minimum absolute atomic E-state index is 0.311. The van der Waals surface area contributed by atoms with Crippen LogP contribution in [-0.2, 0) is 13.6 Å². The van der Waals surface area contributed by atoms with Crippen LogP contribution in [0.2, 0.25) is 0 Å². The van der Waals surface area contributed by atoms with Crippen LogP contribution in [-0.4, -0.2) is 31.2 Å². The maximum Gasteiger partial charge on any atom is 0.319 e. The van der Waals surface area contributed by atoms with Crippen LogP contribution in [0.5, 0.6) is 0 Å². The van der Waals surface area contributed by atoms with Crippen LogP contribution in [0.1, 0.15) is 5.69 Å². The Kier molecular flexibility index (Phi) is 4.89. The lowest BCUT2D eigenvalue weighted by Crippen LogP contribution is -2.28. The molecule has 0 bridgehead atoms. The van der Waals surface area contributed by atoms with E-state index in [1.54, 1.807) is 23.9 Å². The molecule has 0 fully saturated rings. The van der Waals surface area contributed by atoms with Crippen molar-refractivity contribution in [3.63, 3.8) is 0 Å². The van der Waals surface area contributed by atoms with E-state index in [9.17, 15) is 4.79 Å². The zero-order valence-electron chi connectivity index (χ0n) is 16.4. The number of aromatic nitrogens is 5. The minimum Gasteiger partial charge on any atom is -0.454 e. The van der Waals surface area contributed by atoms with Crippen molar-refractivity contribution in [1.82, 2.24) is 30.5 Å². The first-order chi connectivity index (χ1) is 15.2. The zero-order chi connectivity index (χ0) is 21.2. The number of amides is 2. The molecule has 0 saturated heterocycles. The molecule has 0 aliphatic carbocycles. The van der Waals surface area contributed by atoms with Gasteiger partial charge in [-0.25, -0.2) is 14.5 Å². The van der Waals surface area contributed by atoms with Crippen LogP contribution < -0.4 is 10.6 Å². The van der Waals surface area contributed by atoms with Crippen LogP contribution in [0, 0.1) is 0 Å². The molecule has 0 saturated carbocycles. The quantitative estimate of drug-likeness (QED) is 0.434. The van der Waals surface area contributed by atoms with Gasteiger partial charge in [0, 0.05) is 29.1 Å². The Morgan fingerprint density at radius 3 is 2.77 bits per heavy atom. The molecule has 3 heterocycles. The molecule has 9 nitrogen and oxygen atoms in total. The second kappa shape index (κ2) is 8.00. The molecule has 0 atom stereocenters. The molecule has 0 aliphatic rings. The Bertz CT molecular complexity index is 1320. The maximum atomic E-state index is 12.2. The van der Waals surface area contributed by atoms with E-state index in [0.29, 0.717) is 18.1 Å². The molecule has 2 N–H and O–H groups in total. The molecular formula is C21H17N7O2S. The van der Waals surface area contributed by atoms with Gasteiger partial charge >= 0.3 is 6.03 Å². The van der Waals surface area contributed by atoms with Gasteiger partial charge in [0.1, 0.15) is 5.58 Å². The van der Waals surface area contributed by atoms with Crippen LogP contribution in [0.3, 0.4) is 0 Å². The average Bonchev–Trinajstić information content (AvgIpc) is 3.52. The van der Waals surface area contributed by atoms with E-state index in [0.717, 1.165) is 33.0 Å². The third kappa shape index (κ3) is 4.01. The van der Waals surface area contributed by atoms with Crippen LogP contribution in [0.15, 0.2) is 64.4 Å². The highest BCUT2D eigenvalue weighted by Gasteiger charge is 2.11. The molecule has 0 spiro atoms. The van der Waals surface area contributed by atoms with Crippen molar-refractivity contribution in [2.24, 2.45) is 7.05 Å². The molecule has 0 aliphatic heterocycles. The van der Waals surface area contributed by atoms with Crippen molar-refractivity contribution in [2.45, 2.75) is 6.54 Å². The average molecular weight is 431 g/mol. The second-order valence-electron chi connectivity index (χ2n) is 6.80. The van der Waals surface area contributed by atoms with E-state index < -0.39 is 0 Å². The molecule has 31 heavy (non-hydrogen) atoms. The fourth-order valence-electron chi connectivity index (χ4n) is 3.11. The monoisotopic (exact) mass is 431 g/mol. The standard InChI is InChI=1S/C21H17N7O2S/c1-28-19(25-26-27-28)13-6-8-15(9-7-13)24-21(29)22-11-16-12-31-20(23-16)18-10-14-4-2-3-5-17(14)30-18/h2-10,12H,11H2,1H3,(H2,22,24,29). The fraction of sp³-hybridized carbons (Fsp3) is 0.0952. The summed E-state index contributed by atoms with van der Waals surface area (Å²) in [6, 6.07) is 16.8. The summed E-state index contributed by atoms with van der Waals surface area (Å²) in [6.07, 6.45) is 0. The predicted molar refractivity (Wildman–Crippen MR) is 117 cm³/mol. The van der Waals surface area contributed by atoms with Crippen molar-refractivity contribution in [1.29, 1.82) is 0 Å². The van der Waals surface area contributed by atoms with Gasteiger partial charge in [-0.1, -0.05) is 18.2 Å². The molecule has 10 heteroatoms.